The summed E-state index contributed by atoms with van der Waals surface area (Å²) in [7, 11) is 0. The van der Waals surface area contributed by atoms with E-state index in [1.165, 1.54) is 19.3 Å². The lowest BCUT2D eigenvalue weighted by Crippen LogP contribution is -2.52. The van der Waals surface area contributed by atoms with Crippen LogP contribution >= 0.6 is 0 Å². The Labute approximate surface area is 111 Å². The monoisotopic (exact) mass is 252 g/mol. The Morgan fingerprint density at radius 1 is 1.17 bits per heavy atom. The topological polar surface area (TPSA) is 29.5 Å². The van der Waals surface area contributed by atoms with Crippen molar-refractivity contribution in [2.75, 3.05) is 6.61 Å². The third-order valence-corrected chi connectivity index (χ3v) is 5.94. The van der Waals surface area contributed by atoms with Crippen molar-refractivity contribution in [2.45, 2.75) is 76.9 Å². The summed E-state index contributed by atoms with van der Waals surface area (Å²) < 4.78 is 6.01. The zero-order valence-electron chi connectivity index (χ0n) is 12.2. The molecule has 1 heterocycles. The summed E-state index contributed by atoms with van der Waals surface area (Å²) in [5.41, 5.74) is 0.0280. The van der Waals surface area contributed by atoms with Gasteiger partial charge in [0.15, 0.2) is 0 Å². The molecule has 1 aliphatic heterocycles. The maximum absolute atomic E-state index is 11.2. The smallest absolute Gasteiger partial charge is 0.0708 e. The minimum absolute atomic E-state index is 0.158. The SMILES string of the molecule is CC1CC(C)(C)CC1(O)C1CCOC2(CCC2)C1. The number of hydrogen-bond acceptors (Lipinski definition) is 2. The predicted octanol–water partition coefficient (Wildman–Crippen LogP) is 3.52. The molecule has 2 saturated carbocycles. The van der Waals surface area contributed by atoms with Crippen LogP contribution in [0, 0.1) is 17.3 Å². The maximum atomic E-state index is 11.2. The molecule has 0 radical (unpaired) electrons. The van der Waals surface area contributed by atoms with Crippen molar-refractivity contribution in [1.82, 2.24) is 0 Å². The van der Waals surface area contributed by atoms with E-state index in [0.717, 1.165) is 32.3 Å². The molecule has 2 heteroatoms. The molecular weight excluding hydrogens is 224 g/mol. The summed E-state index contributed by atoms with van der Waals surface area (Å²) in [6, 6.07) is 0. The Hall–Kier alpha value is -0.0800. The van der Waals surface area contributed by atoms with E-state index in [-0.39, 0.29) is 5.60 Å². The summed E-state index contributed by atoms with van der Waals surface area (Å²) in [5.74, 6) is 0.899. The molecule has 18 heavy (non-hydrogen) atoms. The van der Waals surface area contributed by atoms with E-state index >= 15 is 0 Å². The molecular formula is C16H28O2. The third-order valence-electron chi connectivity index (χ3n) is 5.94. The maximum Gasteiger partial charge on any atom is 0.0708 e. The standard InChI is InChI=1S/C16H28O2/c1-12-9-14(2,3)11-16(12,17)13-5-8-18-15(10-13)6-4-7-15/h12-13,17H,4-11H2,1-3H3. The highest BCUT2D eigenvalue weighted by Crippen LogP contribution is 2.56. The van der Waals surface area contributed by atoms with Crippen LogP contribution in [0.2, 0.25) is 0 Å². The van der Waals surface area contributed by atoms with Crippen molar-refractivity contribution < 1.29 is 9.84 Å². The highest BCUT2D eigenvalue weighted by Gasteiger charge is 2.55. The summed E-state index contributed by atoms with van der Waals surface area (Å²) in [5, 5.41) is 11.2. The first-order valence-electron chi connectivity index (χ1n) is 7.72. The molecule has 0 aromatic rings. The molecule has 3 aliphatic rings. The average molecular weight is 252 g/mol. The first kappa shape index (κ1) is 12.9. The van der Waals surface area contributed by atoms with Crippen molar-refractivity contribution in [3.8, 4) is 0 Å². The lowest BCUT2D eigenvalue weighted by atomic mass is 9.65. The second-order valence-electron chi connectivity index (χ2n) is 8.01. The number of rotatable bonds is 1. The average Bonchev–Trinajstić information content (AvgIpc) is 2.46. The highest BCUT2D eigenvalue weighted by molar-refractivity contribution is 5.06. The van der Waals surface area contributed by atoms with E-state index in [1.54, 1.807) is 0 Å². The van der Waals surface area contributed by atoms with Crippen LogP contribution in [-0.2, 0) is 4.74 Å². The van der Waals surface area contributed by atoms with Crippen LogP contribution in [-0.4, -0.2) is 22.9 Å². The van der Waals surface area contributed by atoms with Crippen molar-refractivity contribution in [3.63, 3.8) is 0 Å². The highest BCUT2D eigenvalue weighted by atomic mass is 16.5. The molecule has 3 unspecified atom stereocenters. The van der Waals surface area contributed by atoms with Crippen LogP contribution in [0.5, 0.6) is 0 Å². The fraction of sp³-hybridized carbons (Fsp3) is 1.00. The summed E-state index contributed by atoms with van der Waals surface area (Å²) in [6.07, 6.45) is 8.04. The molecule has 3 rings (SSSR count). The first-order valence-corrected chi connectivity index (χ1v) is 7.72. The Bertz CT molecular complexity index is 332. The van der Waals surface area contributed by atoms with Crippen LogP contribution in [0.4, 0.5) is 0 Å². The lowest BCUT2D eigenvalue weighted by Gasteiger charge is -2.51. The fourth-order valence-electron chi connectivity index (χ4n) is 4.94. The van der Waals surface area contributed by atoms with Gasteiger partial charge in [-0.05, 0) is 62.2 Å². The summed E-state index contributed by atoms with van der Waals surface area (Å²) in [4.78, 5) is 0. The molecule has 2 nitrogen and oxygen atoms in total. The van der Waals surface area contributed by atoms with Crippen LogP contribution in [0.1, 0.15) is 65.7 Å². The molecule has 1 saturated heterocycles. The Morgan fingerprint density at radius 3 is 2.39 bits per heavy atom. The van der Waals surface area contributed by atoms with Crippen molar-refractivity contribution in [1.29, 1.82) is 0 Å². The van der Waals surface area contributed by atoms with Gasteiger partial charge in [-0.2, -0.15) is 0 Å². The van der Waals surface area contributed by atoms with Gasteiger partial charge in [-0.25, -0.2) is 0 Å². The molecule has 0 bridgehead atoms. The molecule has 0 aromatic carbocycles. The quantitative estimate of drug-likeness (QED) is 0.773. The van der Waals surface area contributed by atoms with Crippen LogP contribution < -0.4 is 0 Å². The predicted molar refractivity (Wildman–Crippen MR) is 72.4 cm³/mol. The minimum atomic E-state index is -0.435. The van der Waals surface area contributed by atoms with Crippen LogP contribution in [0.25, 0.3) is 0 Å². The Kier molecular flexibility index (Phi) is 2.84. The van der Waals surface area contributed by atoms with Crippen LogP contribution in [0.3, 0.4) is 0 Å². The largest absolute Gasteiger partial charge is 0.389 e. The van der Waals surface area contributed by atoms with Crippen molar-refractivity contribution in [2.24, 2.45) is 17.3 Å². The minimum Gasteiger partial charge on any atom is -0.389 e. The first-order chi connectivity index (χ1) is 8.35. The zero-order chi connectivity index (χ0) is 13.0. The number of ether oxygens (including phenoxy) is 1. The second kappa shape index (κ2) is 3.96. The molecule has 3 fully saturated rings. The van der Waals surface area contributed by atoms with Gasteiger partial charge in [0.05, 0.1) is 11.2 Å². The van der Waals surface area contributed by atoms with E-state index in [1.807, 2.05) is 0 Å². The van der Waals surface area contributed by atoms with Crippen molar-refractivity contribution in [3.05, 3.63) is 0 Å². The van der Waals surface area contributed by atoms with Gasteiger partial charge in [0, 0.05) is 6.61 Å². The van der Waals surface area contributed by atoms with Gasteiger partial charge in [-0.3, -0.25) is 0 Å². The Morgan fingerprint density at radius 2 is 1.89 bits per heavy atom. The van der Waals surface area contributed by atoms with Gasteiger partial charge in [0.25, 0.3) is 0 Å². The number of hydrogen-bond donors (Lipinski definition) is 1. The van der Waals surface area contributed by atoms with Crippen molar-refractivity contribution >= 4 is 0 Å². The fourth-order valence-corrected chi connectivity index (χ4v) is 4.94. The van der Waals surface area contributed by atoms with Crippen LogP contribution in [0.15, 0.2) is 0 Å². The second-order valence-corrected chi connectivity index (χ2v) is 8.01. The molecule has 1 N–H and O–H groups in total. The zero-order valence-corrected chi connectivity index (χ0v) is 12.2. The molecule has 2 aliphatic carbocycles. The van der Waals surface area contributed by atoms with Gasteiger partial charge in [-0.15, -0.1) is 0 Å². The van der Waals surface area contributed by atoms with Gasteiger partial charge in [0.2, 0.25) is 0 Å². The van der Waals surface area contributed by atoms with E-state index in [2.05, 4.69) is 20.8 Å². The van der Waals surface area contributed by atoms with E-state index < -0.39 is 5.60 Å². The van der Waals surface area contributed by atoms with E-state index in [4.69, 9.17) is 4.74 Å². The third kappa shape index (κ3) is 1.92. The number of aliphatic hydroxyl groups is 1. The normalized spacial score (nSPS) is 46.0. The molecule has 1 spiro atoms. The van der Waals surface area contributed by atoms with Gasteiger partial charge < -0.3 is 9.84 Å². The molecule has 3 atom stereocenters. The Balaban J connectivity index is 1.77. The van der Waals surface area contributed by atoms with Gasteiger partial charge >= 0.3 is 0 Å². The summed E-state index contributed by atoms with van der Waals surface area (Å²) in [6.45, 7) is 7.72. The lowest BCUT2D eigenvalue weighted by molar-refractivity contribution is -0.182. The molecule has 0 aromatic heterocycles. The van der Waals surface area contributed by atoms with Gasteiger partial charge in [0.1, 0.15) is 0 Å². The van der Waals surface area contributed by atoms with E-state index in [0.29, 0.717) is 17.3 Å². The van der Waals surface area contributed by atoms with Gasteiger partial charge in [-0.1, -0.05) is 20.8 Å². The molecule has 0 amide bonds. The summed E-state index contributed by atoms with van der Waals surface area (Å²) >= 11 is 0. The molecule has 104 valence electrons. The van der Waals surface area contributed by atoms with E-state index in [9.17, 15) is 5.11 Å².